The van der Waals surface area contributed by atoms with Gasteiger partial charge in [0.15, 0.2) is 0 Å². The molecule has 2 aromatic heterocycles. The maximum Gasteiger partial charge on any atom is 0.304 e. The summed E-state index contributed by atoms with van der Waals surface area (Å²) < 4.78 is 34.1. The minimum Gasteiger partial charge on any atom is -0.481 e. The van der Waals surface area contributed by atoms with E-state index in [-0.39, 0.29) is 18.0 Å². The molecule has 1 aliphatic heterocycles. The van der Waals surface area contributed by atoms with E-state index in [2.05, 4.69) is 26.6 Å². The zero-order chi connectivity index (χ0) is 22.3. The molecule has 0 fully saturated rings. The molecule has 7 nitrogen and oxygen atoms in total. The number of pyridine rings is 1. The fraction of sp³-hybridized carbons (Fsp3) is 0.545. The van der Waals surface area contributed by atoms with Crippen LogP contribution in [0.4, 0.5) is 14.6 Å². The molecule has 0 bridgehead atoms. The van der Waals surface area contributed by atoms with Gasteiger partial charge in [-0.2, -0.15) is 5.10 Å². The summed E-state index contributed by atoms with van der Waals surface area (Å²) >= 11 is 0. The van der Waals surface area contributed by atoms with Crippen molar-refractivity contribution in [1.29, 1.82) is 0 Å². The van der Waals surface area contributed by atoms with Gasteiger partial charge >= 0.3 is 5.97 Å². The van der Waals surface area contributed by atoms with E-state index >= 15 is 0 Å². The molecule has 168 valence electrons. The second-order valence-electron chi connectivity index (χ2n) is 7.90. The molecule has 0 saturated carbocycles. The number of aromatic nitrogens is 3. The van der Waals surface area contributed by atoms with Crippen molar-refractivity contribution in [3.63, 3.8) is 0 Å². The summed E-state index contributed by atoms with van der Waals surface area (Å²) in [7, 11) is 1.42. The van der Waals surface area contributed by atoms with E-state index < -0.39 is 30.7 Å². The number of methoxy groups -OCH3 is 1. The van der Waals surface area contributed by atoms with Gasteiger partial charge in [0, 0.05) is 37.1 Å². The first-order valence-electron chi connectivity index (χ1n) is 10.6. The SMILES string of the molecule is COc1ccc([C@H](CC(=O)O)CC(F)(F)CCCCc2ccc3c(n2)NCCC3)nn1. The number of rotatable bonds is 11. The van der Waals surface area contributed by atoms with Gasteiger partial charge < -0.3 is 15.2 Å². The minimum absolute atomic E-state index is 0.230. The average Bonchev–Trinajstić information content (AvgIpc) is 2.76. The molecular formula is C22H28F2N4O3. The quantitative estimate of drug-likeness (QED) is 0.511. The number of halogens is 2. The Hall–Kier alpha value is -2.84. The van der Waals surface area contributed by atoms with Crippen molar-refractivity contribution in [2.45, 2.75) is 63.2 Å². The number of anilines is 1. The Balaban J connectivity index is 1.52. The lowest BCUT2D eigenvalue weighted by Crippen LogP contribution is -2.22. The molecule has 31 heavy (non-hydrogen) atoms. The van der Waals surface area contributed by atoms with Crippen molar-refractivity contribution in [2.24, 2.45) is 0 Å². The second-order valence-corrected chi connectivity index (χ2v) is 7.90. The molecule has 1 aliphatic rings. The zero-order valence-electron chi connectivity index (χ0n) is 17.6. The van der Waals surface area contributed by atoms with Crippen molar-refractivity contribution in [2.75, 3.05) is 19.0 Å². The molecule has 0 spiro atoms. The van der Waals surface area contributed by atoms with Gasteiger partial charge in [-0.05, 0) is 49.8 Å². The minimum atomic E-state index is -2.99. The molecule has 3 heterocycles. The van der Waals surface area contributed by atoms with Crippen molar-refractivity contribution < 1.29 is 23.4 Å². The fourth-order valence-electron chi connectivity index (χ4n) is 3.81. The van der Waals surface area contributed by atoms with Crippen LogP contribution in [0, 0.1) is 0 Å². The predicted molar refractivity (Wildman–Crippen MR) is 112 cm³/mol. The van der Waals surface area contributed by atoms with Crippen LogP contribution in [0.2, 0.25) is 0 Å². The van der Waals surface area contributed by atoms with E-state index in [9.17, 15) is 13.6 Å². The van der Waals surface area contributed by atoms with Crippen LogP contribution in [0.1, 0.15) is 61.4 Å². The summed E-state index contributed by atoms with van der Waals surface area (Å²) in [6, 6.07) is 7.01. The van der Waals surface area contributed by atoms with Crippen LogP contribution >= 0.6 is 0 Å². The van der Waals surface area contributed by atoms with Gasteiger partial charge in [-0.25, -0.2) is 13.8 Å². The molecule has 0 saturated heterocycles. The summed E-state index contributed by atoms with van der Waals surface area (Å²) in [4.78, 5) is 15.8. The lowest BCUT2D eigenvalue weighted by Gasteiger charge is -2.22. The third kappa shape index (κ3) is 6.83. The van der Waals surface area contributed by atoms with Crippen LogP contribution < -0.4 is 10.1 Å². The molecular weight excluding hydrogens is 406 g/mol. The Labute approximate surface area is 180 Å². The van der Waals surface area contributed by atoms with Gasteiger partial charge in [0.05, 0.1) is 19.2 Å². The summed E-state index contributed by atoms with van der Waals surface area (Å²) in [5.74, 6) is -3.90. The number of hydrogen-bond acceptors (Lipinski definition) is 6. The highest BCUT2D eigenvalue weighted by atomic mass is 19.3. The molecule has 0 amide bonds. The number of aliphatic carboxylic acids is 1. The molecule has 2 aromatic rings. The fourth-order valence-corrected chi connectivity index (χ4v) is 3.81. The maximum absolute atomic E-state index is 14.6. The number of carbonyl (C=O) groups is 1. The van der Waals surface area contributed by atoms with Crippen LogP contribution in [0.15, 0.2) is 24.3 Å². The first kappa shape index (κ1) is 22.8. The van der Waals surface area contributed by atoms with Crippen molar-refractivity contribution in [3.05, 3.63) is 41.2 Å². The van der Waals surface area contributed by atoms with Gasteiger partial charge in [0.1, 0.15) is 5.82 Å². The third-order valence-corrected chi connectivity index (χ3v) is 5.43. The largest absolute Gasteiger partial charge is 0.481 e. The number of fused-ring (bicyclic) bond motifs is 1. The highest BCUT2D eigenvalue weighted by molar-refractivity contribution is 5.67. The van der Waals surface area contributed by atoms with Crippen LogP contribution in [0.25, 0.3) is 0 Å². The Morgan fingerprint density at radius 3 is 2.81 bits per heavy atom. The number of nitrogens with one attached hydrogen (secondary N) is 1. The topological polar surface area (TPSA) is 97.2 Å². The van der Waals surface area contributed by atoms with E-state index in [1.54, 1.807) is 0 Å². The van der Waals surface area contributed by atoms with Crippen LogP contribution in [-0.4, -0.2) is 45.8 Å². The van der Waals surface area contributed by atoms with Crippen LogP contribution in [0.3, 0.4) is 0 Å². The monoisotopic (exact) mass is 434 g/mol. The van der Waals surface area contributed by atoms with Gasteiger partial charge in [-0.1, -0.05) is 6.07 Å². The third-order valence-electron chi connectivity index (χ3n) is 5.43. The highest BCUT2D eigenvalue weighted by Crippen LogP contribution is 2.35. The Kier molecular flexibility index (Phi) is 7.70. The van der Waals surface area contributed by atoms with Gasteiger partial charge in [0.25, 0.3) is 0 Å². The Morgan fingerprint density at radius 1 is 1.26 bits per heavy atom. The molecule has 0 aromatic carbocycles. The van der Waals surface area contributed by atoms with E-state index in [0.717, 1.165) is 30.9 Å². The first-order valence-corrected chi connectivity index (χ1v) is 10.6. The maximum atomic E-state index is 14.6. The van der Waals surface area contributed by atoms with Crippen molar-refractivity contribution in [1.82, 2.24) is 15.2 Å². The lowest BCUT2D eigenvalue weighted by atomic mass is 9.91. The molecule has 2 N–H and O–H groups in total. The summed E-state index contributed by atoms with van der Waals surface area (Å²) in [5, 5.41) is 20.1. The standard InChI is InChI=1S/C22H28F2N4O3/c1-31-19-10-9-18(27-28-19)16(13-20(29)30)14-22(23,24)11-3-2-6-17-8-7-15-5-4-12-25-21(15)26-17/h7-10,16H,2-6,11-14H2,1H3,(H,25,26)(H,29,30)/t16-/m1/s1. The lowest BCUT2D eigenvalue weighted by molar-refractivity contribution is -0.138. The number of aryl methyl sites for hydroxylation is 2. The van der Waals surface area contributed by atoms with Crippen LogP contribution in [-0.2, 0) is 17.6 Å². The van der Waals surface area contributed by atoms with Gasteiger partial charge in [-0.3, -0.25) is 4.79 Å². The van der Waals surface area contributed by atoms with E-state index in [0.29, 0.717) is 19.3 Å². The average molecular weight is 434 g/mol. The summed E-state index contributed by atoms with van der Waals surface area (Å²) in [5.41, 5.74) is 2.33. The first-order chi connectivity index (χ1) is 14.9. The number of carboxylic acid groups (broad SMARTS) is 1. The van der Waals surface area contributed by atoms with Gasteiger partial charge in [0.2, 0.25) is 11.8 Å². The van der Waals surface area contributed by atoms with Crippen molar-refractivity contribution in [3.8, 4) is 5.88 Å². The smallest absolute Gasteiger partial charge is 0.304 e. The summed E-state index contributed by atoms with van der Waals surface area (Å²) in [6.45, 7) is 0.908. The number of unbranched alkanes of at least 4 members (excludes halogenated alkanes) is 1. The normalized spacial score (nSPS) is 14.4. The number of carboxylic acids is 1. The van der Waals surface area contributed by atoms with E-state index in [1.165, 1.54) is 24.8 Å². The van der Waals surface area contributed by atoms with E-state index in [4.69, 9.17) is 9.84 Å². The van der Waals surface area contributed by atoms with Crippen LogP contribution in [0.5, 0.6) is 5.88 Å². The van der Waals surface area contributed by atoms with Gasteiger partial charge in [-0.15, -0.1) is 5.10 Å². The Bertz CT molecular complexity index is 878. The molecule has 0 radical (unpaired) electrons. The highest BCUT2D eigenvalue weighted by Gasteiger charge is 2.34. The predicted octanol–water partition coefficient (Wildman–Crippen LogP) is 4.24. The zero-order valence-corrected chi connectivity index (χ0v) is 17.6. The number of nitrogens with zero attached hydrogens (tertiary/aromatic N) is 3. The molecule has 3 rings (SSSR count). The number of ether oxygens (including phenoxy) is 1. The molecule has 9 heteroatoms. The molecule has 0 unspecified atom stereocenters. The van der Waals surface area contributed by atoms with E-state index in [1.807, 2.05) is 6.07 Å². The van der Waals surface area contributed by atoms with Crippen molar-refractivity contribution >= 4 is 11.8 Å². The second kappa shape index (κ2) is 10.5. The molecule has 1 atom stereocenters. The number of hydrogen-bond donors (Lipinski definition) is 2. The Morgan fingerprint density at radius 2 is 2.10 bits per heavy atom. The summed E-state index contributed by atoms with van der Waals surface area (Å²) in [6.07, 6.45) is 2.33. The number of alkyl halides is 2. The molecule has 0 aliphatic carbocycles.